The molecule has 0 aromatic heterocycles. The molecule has 0 heterocycles. The predicted octanol–water partition coefficient (Wildman–Crippen LogP) is 6.90. The van der Waals surface area contributed by atoms with Gasteiger partial charge < -0.3 is 20.1 Å². The number of halogens is 2. The Kier molecular flexibility index (Phi) is 8.42. The number of carbonyl (C=O) groups is 1. The first-order valence-corrected chi connectivity index (χ1v) is 11.4. The van der Waals surface area contributed by atoms with E-state index in [2.05, 4.69) is 26.6 Å². The fraction of sp³-hybridized carbons (Fsp3) is 0.240. The zero-order valence-corrected chi connectivity index (χ0v) is 20.6. The molecular formula is C25H26BrClN2O3. The van der Waals surface area contributed by atoms with Crippen molar-refractivity contribution >= 4 is 44.8 Å². The number of carbonyl (C=O) groups excluding carboxylic acids is 1. The van der Waals surface area contributed by atoms with Crippen LogP contribution in [0.5, 0.6) is 11.5 Å². The standard InChI is InChI=1S/C25H26BrClN2O3/c1-16(2)25(30)29-20-9-6-8-19(13-20)28-14-17-11-21(26)24(23(12-17)31-3)32-15-18-7-4-5-10-22(18)27/h4-13,16,28H,14-15H2,1-3H3,(H,29,30). The van der Waals surface area contributed by atoms with E-state index in [1.165, 1.54) is 0 Å². The first-order chi connectivity index (χ1) is 15.4. The van der Waals surface area contributed by atoms with E-state index in [4.69, 9.17) is 21.1 Å². The molecule has 7 heteroatoms. The maximum atomic E-state index is 11.9. The normalized spacial score (nSPS) is 10.7. The lowest BCUT2D eigenvalue weighted by molar-refractivity contribution is -0.118. The van der Waals surface area contributed by atoms with Gasteiger partial charge in [-0.05, 0) is 57.9 Å². The maximum absolute atomic E-state index is 11.9. The fourth-order valence-electron chi connectivity index (χ4n) is 2.98. The number of amides is 1. The van der Waals surface area contributed by atoms with Gasteiger partial charge in [-0.3, -0.25) is 4.79 Å². The molecule has 3 aromatic carbocycles. The second kappa shape index (κ2) is 11.2. The van der Waals surface area contributed by atoms with Crippen molar-refractivity contribution in [2.75, 3.05) is 17.7 Å². The van der Waals surface area contributed by atoms with E-state index in [-0.39, 0.29) is 11.8 Å². The van der Waals surface area contributed by atoms with E-state index in [1.54, 1.807) is 7.11 Å². The van der Waals surface area contributed by atoms with Crippen molar-refractivity contribution < 1.29 is 14.3 Å². The number of rotatable bonds is 9. The summed E-state index contributed by atoms with van der Waals surface area (Å²) in [6.07, 6.45) is 0. The average molecular weight is 518 g/mol. The smallest absolute Gasteiger partial charge is 0.226 e. The van der Waals surface area contributed by atoms with Crippen molar-refractivity contribution in [3.8, 4) is 11.5 Å². The highest BCUT2D eigenvalue weighted by atomic mass is 79.9. The number of nitrogens with one attached hydrogen (secondary N) is 2. The van der Waals surface area contributed by atoms with Gasteiger partial charge >= 0.3 is 0 Å². The predicted molar refractivity (Wildman–Crippen MR) is 134 cm³/mol. The molecule has 0 saturated carbocycles. The first-order valence-electron chi connectivity index (χ1n) is 10.2. The van der Waals surface area contributed by atoms with Crippen LogP contribution in [-0.4, -0.2) is 13.0 Å². The van der Waals surface area contributed by atoms with Crippen molar-refractivity contribution in [1.29, 1.82) is 0 Å². The summed E-state index contributed by atoms with van der Waals surface area (Å²) in [5.41, 5.74) is 3.57. The van der Waals surface area contributed by atoms with E-state index < -0.39 is 0 Å². The van der Waals surface area contributed by atoms with Gasteiger partial charge in [-0.1, -0.05) is 49.7 Å². The van der Waals surface area contributed by atoms with Gasteiger partial charge in [0.2, 0.25) is 5.91 Å². The van der Waals surface area contributed by atoms with Crippen molar-refractivity contribution in [2.45, 2.75) is 27.0 Å². The molecule has 0 spiro atoms. The van der Waals surface area contributed by atoms with Gasteiger partial charge in [0, 0.05) is 34.4 Å². The van der Waals surface area contributed by atoms with Crippen molar-refractivity contribution in [3.05, 3.63) is 81.3 Å². The number of benzene rings is 3. The van der Waals surface area contributed by atoms with Gasteiger partial charge in [-0.15, -0.1) is 0 Å². The van der Waals surface area contributed by atoms with Crippen LogP contribution in [0.2, 0.25) is 5.02 Å². The second-order valence-electron chi connectivity index (χ2n) is 7.57. The van der Waals surface area contributed by atoms with Gasteiger partial charge in [0.15, 0.2) is 11.5 Å². The molecule has 0 fully saturated rings. The number of hydrogen-bond donors (Lipinski definition) is 2. The summed E-state index contributed by atoms with van der Waals surface area (Å²) in [5, 5.41) is 6.96. The van der Waals surface area contributed by atoms with Crippen LogP contribution >= 0.6 is 27.5 Å². The molecule has 0 aliphatic carbocycles. The Labute approximate surface area is 202 Å². The minimum Gasteiger partial charge on any atom is -0.493 e. The summed E-state index contributed by atoms with van der Waals surface area (Å²) in [6.45, 7) is 4.64. The van der Waals surface area contributed by atoms with Crippen LogP contribution in [0.4, 0.5) is 11.4 Å². The largest absolute Gasteiger partial charge is 0.493 e. The van der Waals surface area contributed by atoms with Crippen LogP contribution in [0.15, 0.2) is 65.1 Å². The van der Waals surface area contributed by atoms with E-state index in [9.17, 15) is 4.79 Å². The van der Waals surface area contributed by atoms with Crippen LogP contribution in [0, 0.1) is 5.92 Å². The van der Waals surface area contributed by atoms with E-state index in [0.29, 0.717) is 29.7 Å². The molecule has 5 nitrogen and oxygen atoms in total. The molecule has 0 radical (unpaired) electrons. The highest BCUT2D eigenvalue weighted by Gasteiger charge is 2.13. The molecule has 1 amide bonds. The zero-order valence-electron chi connectivity index (χ0n) is 18.2. The van der Waals surface area contributed by atoms with Crippen LogP contribution in [0.3, 0.4) is 0 Å². The third kappa shape index (κ3) is 6.40. The first kappa shape index (κ1) is 24.0. The third-order valence-corrected chi connectivity index (χ3v) is 5.73. The lowest BCUT2D eigenvalue weighted by Crippen LogP contribution is -2.17. The van der Waals surface area contributed by atoms with E-state index >= 15 is 0 Å². The summed E-state index contributed by atoms with van der Waals surface area (Å²) in [7, 11) is 1.61. The molecule has 168 valence electrons. The molecule has 3 aromatic rings. The second-order valence-corrected chi connectivity index (χ2v) is 8.83. The molecule has 0 saturated heterocycles. The van der Waals surface area contributed by atoms with Crippen molar-refractivity contribution in [1.82, 2.24) is 0 Å². The topological polar surface area (TPSA) is 59.6 Å². The molecular weight excluding hydrogens is 492 g/mol. The van der Waals surface area contributed by atoms with Gasteiger partial charge in [0.25, 0.3) is 0 Å². The third-order valence-electron chi connectivity index (χ3n) is 4.77. The van der Waals surface area contributed by atoms with Gasteiger partial charge in [-0.2, -0.15) is 0 Å². The Morgan fingerprint density at radius 3 is 2.53 bits per heavy atom. The number of anilines is 2. The Bertz CT molecular complexity index is 1090. The summed E-state index contributed by atoms with van der Waals surface area (Å²) in [4.78, 5) is 11.9. The van der Waals surface area contributed by atoms with Crippen molar-refractivity contribution in [3.63, 3.8) is 0 Å². The number of ether oxygens (including phenoxy) is 2. The number of hydrogen-bond acceptors (Lipinski definition) is 4. The molecule has 0 aliphatic heterocycles. The Morgan fingerprint density at radius 1 is 1.06 bits per heavy atom. The molecule has 0 bridgehead atoms. The lowest BCUT2D eigenvalue weighted by atomic mass is 10.1. The SMILES string of the molecule is COc1cc(CNc2cccc(NC(=O)C(C)C)c2)cc(Br)c1OCc1ccccc1Cl. The lowest BCUT2D eigenvalue weighted by Gasteiger charge is -2.16. The Hall–Kier alpha value is -2.70. The summed E-state index contributed by atoms with van der Waals surface area (Å²) < 4.78 is 12.3. The highest BCUT2D eigenvalue weighted by molar-refractivity contribution is 9.10. The van der Waals surface area contributed by atoms with E-state index in [1.807, 2.05) is 74.5 Å². The monoisotopic (exact) mass is 516 g/mol. The molecule has 2 N–H and O–H groups in total. The Morgan fingerprint density at radius 2 is 1.81 bits per heavy atom. The minimum atomic E-state index is -0.0740. The van der Waals surface area contributed by atoms with Gasteiger partial charge in [0.05, 0.1) is 11.6 Å². The zero-order chi connectivity index (χ0) is 23.1. The summed E-state index contributed by atoms with van der Waals surface area (Å²) >= 11 is 9.82. The molecule has 0 atom stereocenters. The molecule has 32 heavy (non-hydrogen) atoms. The quantitative estimate of drug-likeness (QED) is 0.324. The van der Waals surface area contributed by atoms with Gasteiger partial charge in [-0.25, -0.2) is 0 Å². The van der Waals surface area contributed by atoms with Crippen LogP contribution in [-0.2, 0) is 17.9 Å². The number of methoxy groups -OCH3 is 1. The van der Waals surface area contributed by atoms with Crippen LogP contribution in [0.25, 0.3) is 0 Å². The average Bonchev–Trinajstić information content (AvgIpc) is 2.77. The summed E-state index contributed by atoms with van der Waals surface area (Å²) in [6, 6.07) is 19.1. The minimum absolute atomic E-state index is 0.0109. The summed E-state index contributed by atoms with van der Waals surface area (Å²) in [5.74, 6) is 1.16. The fourth-order valence-corrected chi connectivity index (χ4v) is 3.77. The highest BCUT2D eigenvalue weighted by Crippen LogP contribution is 2.37. The maximum Gasteiger partial charge on any atom is 0.226 e. The van der Waals surface area contributed by atoms with Crippen LogP contribution in [0.1, 0.15) is 25.0 Å². The van der Waals surface area contributed by atoms with Gasteiger partial charge in [0.1, 0.15) is 6.61 Å². The Balaban J connectivity index is 1.68. The molecule has 0 aliphatic rings. The van der Waals surface area contributed by atoms with E-state index in [0.717, 1.165) is 27.0 Å². The van der Waals surface area contributed by atoms with Crippen LogP contribution < -0.4 is 20.1 Å². The van der Waals surface area contributed by atoms with Crippen molar-refractivity contribution in [2.24, 2.45) is 5.92 Å². The molecule has 3 rings (SSSR count). The molecule has 0 unspecified atom stereocenters.